The van der Waals surface area contributed by atoms with Crippen LogP contribution in [-0.2, 0) is 27.7 Å². The van der Waals surface area contributed by atoms with E-state index in [1.165, 1.54) is 12.1 Å². The maximum atomic E-state index is 12.3. The summed E-state index contributed by atoms with van der Waals surface area (Å²) >= 11 is 6.08. The van der Waals surface area contributed by atoms with Crippen LogP contribution in [-0.4, -0.2) is 20.9 Å². The molecule has 0 atom stereocenters. The van der Waals surface area contributed by atoms with Gasteiger partial charge in [0, 0.05) is 17.1 Å². The van der Waals surface area contributed by atoms with Crippen molar-refractivity contribution in [3.05, 3.63) is 88.9 Å². The summed E-state index contributed by atoms with van der Waals surface area (Å²) in [7, 11) is -4.05. The minimum atomic E-state index is -4.05. The molecule has 0 aliphatic heterocycles. The highest BCUT2D eigenvalue weighted by atomic mass is 35.5. The number of ether oxygens (including phenoxy) is 1. The van der Waals surface area contributed by atoms with Gasteiger partial charge in [-0.05, 0) is 35.4 Å². The summed E-state index contributed by atoms with van der Waals surface area (Å²) in [6.45, 7) is 0.282. The molecule has 0 aromatic heterocycles. The zero-order valence-electron chi connectivity index (χ0n) is 16.0. The van der Waals surface area contributed by atoms with E-state index >= 15 is 0 Å². The van der Waals surface area contributed by atoms with Crippen molar-refractivity contribution in [2.45, 2.75) is 17.7 Å². The van der Waals surface area contributed by atoms with E-state index in [2.05, 4.69) is 5.32 Å². The zero-order chi connectivity index (χ0) is 21.6. The third kappa shape index (κ3) is 6.06. The molecule has 3 aromatic rings. The number of nitrogens with one attached hydrogen (secondary N) is 1. The van der Waals surface area contributed by atoms with Crippen LogP contribution in [0.2, 0.25) is 5.02 Å². The van der Waals surface area contributed by atoms with Gasteiger partial charge in [-0.3, -0.25) is 4.79 Å². The van der Waals surface area contributed by atoms with Crippen molar-refractivity contribution in [2.24, 2.45) is 5.14 Å². The SMILES string of the molecule is NS(=O)(=O)c1cc(NC(=O)Cc2ccccc2Cl)ccc1OCCc1ccccc1. The number of hydrogen-bond acceptors (Lipinski definition) is 4. The molecule has 0 aliphatic carbocycles. The largest absolute Gasteiger partial charge is 0.492 e. The predicted octanol–water partition coefficient (Wildman–Crippen LogP) is 3.79. The fraction of sp³-hybridized carbons (Fsp3) is 0.136. The molecule has 0 saturated heterocycles. The number of hydrogen-bond donors (Lipinski definition) is 2. The lowest BCUT2D eigenvalue weighted by atomic mass is 10.1. The number of carbonyl (C=O) groups is 1. The highest BCUT2D eigenvalue weighted by Gasteiger charge is 2.17. The number of benzene rings is 3. The van der Waals surface area contributed by atoms with Crippen LogP contribution in [0.25, 0.3) is 0 Å². The van der Waals surface area contributed by atoms with E-state index in [0.29, 0.717) is 22.7 Å². The molecule has 0 fully saturated rings. The lowest BCUT2D eigenvalue weighted by Gasteiger charge is -2.13. The maximum absolute atomic E-state index is 12.3. The summed E-state index contributed by atoms with van der Waals surface area (Å²) in [6, 6.07) is 21.0. The molecule has 30 heavy (non-hydrogen) atoms. The number of anilines is 1. The fourth-order valence-corrected chi connectivity index (χ4v) is 3.77. The smallest absolute Gasteiger partial charge is 0.241 e. The van der Waals surface area contributed by atoms with Crippen molar-refractivity contribution in [1.29, 1.82) is 0 Å². The number of primary sulfonamides is 1. The second kappa shape index (κ2) is 9.75. The summed E-state index contributed by atoms with van der Waals surface area (Å²) in [5, 5.41) is 8.50. The van der Waals surface area contributed by atoms with Crippen molar-refractivity contribution in [3.63, 3.8) is 0 Å². The minimum Gasteiger partial charge on any atom is -0.492 e. The third-order valence-corrected chi connectivity index (χ3v) is 5.63. The highest BCUT2D eigenvalue weighted by molar-refractivity contribution is 7.89. The van der Waals surface area contributed by atoms with Gasteiger partial charge in [0.2, 0.25) is 15.9 Å². The lowest BCUT2D eigenvalue weighted by Crippen LogP contribution is -2.17. The number of rotatable bonds is 8. The first-order valence-corrected chi connectivity index (χ1v) is 11.1. The summed E-state index contributed by atoms with van der Waals surface area (Å²) in [5.41, 5.74) is 2.04. The molecule has 0 saturated carbocycles. The van der Waals surface area contributed by atoms with Gasteiger partial charge in [0.1, 0.15) is 10.6 Å². The molecule has 0 radical (unpaired) electrons. The Bertz CT molecular complexity index is 1130. The molecular formula is C22H21ClN2O4S. The molecule has 3 rings (SSSR count). The van der Waals surface area contributed by atoms with E-state index in [9.17, 15) is 13.2 Å². The van der Waals surface area contributed by atoms with Crippen molar-refractivity contribution >= 4 is 33.2 Å². The molecule has 6 nitrogen and oxygen atoms in total. The summed E-state index contributed by atoms with van der Waals surface area (Å²) < 4.78 is 29.7. The first-order chi connectivity index (χ1) is 14.3. The van der Waals surface area contributed by atoms with Gasteiger partial charge in [0.15, 0.2) is 0 Å². The average molecular weight is 445 g/mol. The van der Waals surface area contributed by atoms with Gasteiger partial charge in [-0.15, -0.1) is 0 Å². The zero-order valence-corrected chi connectivity index (χ0v) is 17.6. The molecule has 1 amide bonds. The van der Waals surface area contributed by atoms with Crippen LogP contribution in [0.5, 0.6) is 5.75 Å². The lowest BCUT2D eigenvalue weighted by molar-refractivity contribution is -0.115. The Morgan fingerprint density at radius 2 is 1.70 bits per heavy atom. The Labute approximate surface area is 180 Å². The molecule has 8 heteroatoms. The number of carbonyl (C=O) groups excluding carboxylic acids is 1. The Morgan fingerprint density at radius 3 is 2.40 bits per heavy atom. The molecule has 0 aliphatic rings. The molecule has 0 spiro atoms. The van der Waals surface area contributed by atoms with E-state index in [0.717, 1.165) is 5.56 Å². The van der Waals surface area contributed by atoms with Crippen LogP contribution in [0.15, 0.2) is 77.7 Å². The molecule has 156 valence electrons. The minimum absolute atomic E-state index is 0.0553. The van der Waals surface area contributed by atoms with E-state index in [-0.39, 0.29) is 29.6 Å². The predicted molar refractivity (Wildman–Crippen MR) is 117 cm³/mol. The van der Waals surface area contributed by atoms with Gasteiger partial charge < -0.3 is 10.1 Å². The molecular weight excluding hydrogens is 424 g/mol. The van der Waals surface area contributed by atoms with Crippen LogP contribution in [0.4, 0.5) is 5.69 Å². The van der Waals surface area contributed by atoms with Crippen LogP contribution < -0.4 is 15.2 Å². The van der Waals surface area contributed by atoms with Crippen molar-refractivity contribution in [1.82, 2.24) is 0 Å². The standard InChI is InChI=1S/C22H21ClN2O4S/c23-19-9-5-4-8-17(19)14-22(26)25-18-10-11-20(21(15-18)30(24,27)28)29-13-12-16-6-2-1-3-7-16/h1-11,15H,12-14H2,(H,25,26)(H2,24,27,28). The van der Waals surface area contributed by atoms with Gasteiger partial charge >= 0.3 is 0 Å². The summed E-state index contributed by atoms with van der Waals surface area (Å²) in [6.07, 6.45) is 0.668. The van der Waals surface area contributed by atoms with Crippen molar-refractivity contribution in [2.75, 3.05) is 11.9 Å². The quantitative estimate of drug-likeness (QED) is 0.552. The highest BCUT2D eigenvalue weighted by Crippen LogP contribution is 2.27. The van der Waals surface area contributed by atoms with Crippen molar-refractivity contribution in [3.8, 4) is 5.75 Å². The van der Waals surface area contributed by atoms with Gasteiger partial charge in [-0.1, -0.05) is 60.1 Å². The molecule has 3 aromatic carbocycles. The van der Waals surface area contributed by atoms with E-state index < -0.39 is 10.0 Å². The summed E-state index contributed by atoms with van der Waals surface area (Å²) in [5.74, 6) is -0.196. The Balaban J connectivity index is 1.71. The van der Waals surface area contributed by atoms with Gasteiger partial charge in [-0.2, -0.15) is 0 Å². The summed E-state index contributed by atoms with van der Waals surface area (Å²) in [4.78, 5) is 12.1. The van der Waals surface area contributed by atoms with Gasteiger partial charge in [-0.25, -0.2) is 13.6 Å². The Kier molecular flexibility index (Phi) is 7.10. The van der Waals surface area contributed by atoms with Crippen LogP contribution >= 0.6 is 11.6 Å². The molecule has 0 bridgehead atoms. The Hall–Kier alpha value is -2.87. The van der Waals surface area contributed by atoms with E-state index in [1.54, 1.807) is 30.3 Å². The molecule has 3 N–H and O–H groups in total. The number of amides is 1. The molecule has 0 heterocycles. The van der Waals surface area contributed by atoms with E-state index in [1.807, 2.05) is 30.3 Å². The normalized spacial score (nSPS) is 11.1. The number of nitrogens with two attached hydrogens (primary N) is 1. The average Bonchev–Trinajstić information content (AvgIpc) is 2.71. The van der Waals surface area contributed by atoms with E-state index in [4.69, 9.17) is 21.5 Å². The second-order valence-electron chi connectivity index (χ2n) is 6.61. The Morgan fingerprint density at radius 1 is 1.00 bits per heavy atom. The topological polar surface area (TPSA) is 98.5 Å². The maximum Gasteiger partial charge on any atom is 0.241 e. The first-order valence-electron chi connectivity index (χ1n) is 9.20. The number of halogens is 1. The van der Waals surface area contributed by atoms with Gasteiger partial charge in [0.25, 0.3) is 0 Å². The van der Waals surface area contributed by atoms with Crippen LogP contribution in [0.1, 0.15) is 11.1 Å². The number of sulfonamides is 1. The second-order valence-corrected chi connectivity index (χ2v) is 8.54. The fourth-order valence-electron chi connectivity index (χ4n) is 2.87. The first kappa shape index (κ1) is 21.8. The van der Waals surface area contributed by atoms with Crippen molar-refractivity contribution < 1.29 is 17.9 Å². The van der Waals surface area contributed by atoms with Gasteiger partial charge in [0.05, 0.1) is 13.0 Å². The van der Waals surface area contributed by atoms with Crippen LogP contribution in [0, 0.1) is 0 Å². The molecule has 0 unspecified atom stereocenters. The third-order valence-electron chi connectivity index (χ3n) is 4.33. The monoisotopic (exact) mass is 444 g/mol. The van der Waals surface area contributed by atoms with Crippen LogP contribution in [0.3, 0.4) is 0 Å².